The van der Waals surface area contributed by atoms with Gasteiger partial charge >= 0.3 is 0 Å². The van der Waals surface area contributed by atoms with Crippen molar-refractivity contribution in [3.8, 4) is 5.88 Å². The van der Waals surface area contributed by atoms with Crippen LogP contribution in [0.3, 0.4) is 0 Å². The number of aryl methyl sites for hydroxylation is 1. The smallest absolute Gasteiger partial charge is 0.295 e. The number of hydrogen-bond acceptors (Lipinski definition) is 7. The van der Waals surface area contributed by atoms with Crippen molar-refractivity contribution in [3.05, 3.63) is 59.0 Å². The standard InChI is InChI=1S/C29H34FN5O5/c1-17-13-35(18(2)12-34(17)14-19-5-7-20(30)8-6-19)28(38)23-11-22-24(16-32(3)26(22)31-27(23)40-4)25(37)29(39)33-10-9-21(36)15-33/h5-8,11,16-18,21,36H,9-10,12-15H2,1-4H3/t17-,18+,21-/m0/s1. The summed E-state index contributed by atoms with van der Waals surface area (Å²) in [7, 11) is 3.15. The van der Waals surface area contributed by atoms with E-state index in [0.717, 1.165) is 5.56 Å². The number of nitrogens with zero attached hydrogens (tertiary/aromatic N) is 5. The number of β-amino-alcohol motifs (C(OH)–C–C–N with tert-alkyl or cyclic N) is 1. The molecule has 5 rings (SSSR count). The highest BCUT2D eigenvalue weighted by Crippen LogP contribution is 2.30. The molecular formula is C29H34FN5O5. The molecule has 0 unspecified atom stereocenters. The Hall–Kier alpha value is -3.83. The Morgan fingerprint density at radius 3 is 2.45 bits per heavy atom. The Morgan fingerprint density at radius 1 is 1.07 bits per heavy atom. The number of pyridine rings is 1. The van der Waals surface area contributed by atoms with Gasteiger partial charge in [0.15, 0.2) is 0 Å². The molecule has 0 radical (unpaired) electrons. The molecule has 1 aromatic carbocycles. The number of aliphatic hydroxyl groups excluding tert-OH is 1. The van der Waals surface area contributed by atoms with Gasteiger partial charge in [0.2, 0.25) is 5.88 Å². The summed E-state index contributed by atoms with van der Waals surface area (Å²) in [6.07, 6.45) is 1.33. The van der Waals surface area contributed by atoms with Gasteiger partial charge in [0, 0.05) is 63.4 Å². The monoisotopic (exact) mass is 551 g/mol. The predicted molar refractivity (Wildman–Crippen MR) is 146 cm³/mol. The van der Waals surface area contributed by atoms with Crippen molar-refractivity contribution in [1.29, 1.82) is 0 Å². The number of fused-ring (bicyclic) bond motifs is 1. The number of aromatic nitrogens is 2. The molecule has 0 aliphatic carbocycles. The molecular weight excluding hydrogens is 517 g/mol. The molecule has 2 aliphatic rings. The van der Waals surface area contributed by atoms with Crippen LogP contribution in [0.25, 0.3) is 11.0 Å². The zero-order chi connectivity index (χ0) is 28.7. The molecule has 0 saturated carbocycles. The van der Waals surface area contributed by atoms with Gasteiger partial charge in [-0.3, -0.25) is 19.3 Å². The highest BCUT2D eigenvalue weighted by atomic mass is 19.1. The number of halogens is 1. The summed E-state index contributed by atoms with van der Waals surface area (Å²) in [4.78, 5) is 50.0. The average Bonchev–Trinajstić information content (AvgIpc) is 3.52. The first-order valence-electron chi connectivity index (χ1n) is 13.4. The Kier molecular flexibility index (Phi) is 7.61. The lowest BCUT2D eigenvalue weighted by Crippen LogP contribution is -2.57. The SMILES string of the molecule is COc1nc2c(cc1C(=O)N1C[C@H](C)N(Cc3ccc(F)cc3)C[C@H]1C)c(C(=O)C(=O)N1CC[C@H](O)C1)cn2C. The van der Waals surface area contributed by atoms with Crippen LogP contribution >= 0.6 is 0 Å². The van der Waals surface area contributed by atoms with Crippen LogP contribution in [0.15, 0.2) is 36.5 Å². The van der Waals surface area contributed by atoms with Crippen LogP contribution < -0.4 is 4.74 Å². The minimum atomic E-state index is -0.707. The third-order valence-corrected chi connectivity index (χ3v) is 7.90. The highest BCUT2D eigenvalue weighted by molar-refractivity contribution is 6.45. The number of Topliss-reactive ketones (excluding diaryl/α,β-unsaturated/α-hetero) is 1. The third kappa shape index (κ3) is 5.18. The van der Waals surface area contributed by atoms with Crippen molar-refractivity contribution in [3.63, 3.8) is 0 Å². The first-order valence-corrected chi connectivity index (χ1v) is 13.4. The number of ether oxygens (including phenoxy) is 1. The van der Waals surface area contributed by atoms with Crippen LogP contribution in [0.1, 0.15) is 46.5 Å². The van der Waals surface area contributed by atoms with Crippen molar-refractivity contribution in [2.24, 2.45) is 7.05 Å². The summed E-state index contributed by atoms with van der Waals surface area (Å²) in [5, 5.41) is 10.2. The number of ketones is 1. The minimum absolute atomic E-state index is 0.0372. The Balaban J connectivity index is 1.41. The van der Waals surface area contributed by atoms with Gasteiger partial charge in [-0.2, -0.15) is 4.98 Å². The summed E-state index contributed by atoms with van der Waals surface area (Å²) < 4.78 is 20.5. The molecule has 2 aliphatic heterocycles. The zero-order valence-electron chi connectivity index (χ0n) is 23.1. The second-order valence-electron chi connectivity index (χ2n) is 10.8. The topological polar surface area (TPSA) is 108 Å². The molecule has 2 fully saturated rings. The fourth-order valence-corrected chi connectivity index (χ4v) is 5.63. The molecule has 212 valence electrons. The highest BCUT2D eigenvalue weighted by Gasteiger charge is 2.35. The second-order valence-corrected chi connectivity index (χ2v) is 10.8. The number of piperazine rings is 1. The van der Waals surface area contributed by atoms with Crippen LogP contribution in [-0.4, -0.2) is 98.4 Å². The largest absolute Gasteiger partial charge is 0.480 e. The van der Waals surface area contributed by atoms with Crippen molar-refractivity contribution >= 4 is 28.6 Å². The predicted octanol–water partition coefficient (Wildman–Crippen LogP) is 2.23. The molecule has 4 heterocycles. The van der Waals surface area contributed by atoms with Crippen molar-refractivity contribution < 1.29 is 28.6 Å². The molecule has 1 N–H and O–H groups in total. The molecule has 3 atom stereocenters. The van der Waals surface area contributed by atoms with Crippen LogP contribution in [0.4, 0.5) is 4.39 Å². The van der Waals surface area contributed by atoms with E-state index in [-0.39, 0.29) is 47.4 Å². The molecule has 2 saturated heterocycles. The first kappa shape index (κ1) is 27.7. The lowest BCUT2D eigenvalue weighted by Gasteiger charge is -2.44. The Bertz CT molecular complexity index is 1460. The summed E-state index contributed by atoms with van der Waals surface area (Å²) >= 11 is 0. The molecule has 10 nitrogen and oxygen atoms in total. The number of hydrogen-bond donors (Lipinski definition) is 1. The van der Waals surface area contributed by atoms with Crippen molar-refractivity contribution in [1.82, 2.24) is 24.3 Å². The number of amides is 2. The van der Waals surface area contributed by atoms with Crippen LogP contribution in [0, 0.1) is 5.82 Å². The number of likely N-dealkylation sites (tertiary alicyclic amines) is 1. The summed E-state index contributed by atoms with van der Waals surface area (Å²) in [6.45, 7) is 6.17. The number of carbonyl (C=O) groups is 3. The zero-order valence-corrected chi connectivity index (χ0v) is 23.1. The van der Waals surface area contributed by atoms with Crippen molar-refractivity contribution in [2.45, 2.75) is 45.0 Å². The van der Waals surface area contributed by atoms with E-state index in [9.17, 15) is 23.9 Å². The van der Waals surface area contributed by atoms with E-state index in [1.807, 2.05) is 13.8 Å². The van der Waals surface area contributed by atoms with Gasteiger partial charge in [0.1, 0.15) is 17.0 Å². The van der Waals surface area contributed by atoms with Crippen LogP contribution in [0.5, 0.6) is 5.88 Å². The number of methoxy groups -OCH3 is 1. The van der Waals surface area contributed by atoms with Gasteiger partial charge in [0.25, 0.3) is 17.6 Å². The van der Waals surface area contributed by atoms with E-state index in [1.54, 1.807) is 34.7 Å². The average molecular weight is 552 g/mol. The maximum absolute atomic E-state index is 13.9. The summed E-state index contributed by atoms with van der Waals surface area (Å²) in [5.41, 5.74) is 1.77. The molecule has 2 aromatic heterocycles. The number of rotatable bonds is 6. The number of benzene rings is 1. The quantitative estimate of drug-likeness (QED) is 0.370. The molecule has 0 bridgehead atoms. The molecule has 2 amide bonds. The van der Waals surface area contributed by atoms with E-state index in [1.165, 1.54) is 30.3 Å². The van der Waals surface area contributed by atoms with E-state index >= 15 is 0 Å². The second kappa shape index (κ2) is 11.0. The Labute approximate surface area is 231 Å². The fourth-order valence-electron chi connectivity index (χ4n) is 5.63. The first-order chi connectivity index (χ1) is 19.1. The van der Waals surface area contributed by atoms with Crippen LogP contribution in [-0.2, 0) is 18.4 Å². The maximum Gasteiger partial charge on any atom is 0.295 e. The van der Waals surface area contributed by atoms with E-state index in [4.69, 9.17) is 4.74 Å². The number of carbonyl (C=O) groups excluding carboxylic acids is 3. The van der Waals surface area contributed by atoms with Gasteiger partial charge in [0.05, 0.1) is 18.8 Å². The van der Waals surface area contributed by atoms with E-state index in [2.05, 4.69) is 9.88 Å². The molecule has 40 heavy (non-hydrogen) atoms. The normalized spacial score (nSPS) is 21.7. The van der Waals surface area contributed by atoms with Gasteiger partial charge in [-0.25, -0.2) is 4.39 Å². The fraction of sp³-hybridized carbons (Fsp3) is 0.448. The summed E-state index contributed by atoms with van der Waals surface area (Å²) in [5.74, 6) is -1.81. The van der Waals surface area contributed by atoms with Crippen LogP contribution in [0.2, 0.25) is 0 Å². The third-order valence-electron chi connectivity index (χ3n) is 7.90. The van der Waals surface area contributed by atoms with Crippen molar-refractivity contribution in [2.75, 3.05) is 33.3 Å². The van der Waals surface area contributed by atoms with Gasteiger partial charge < -0.3 is 24.2 Å². The lowest BCUT2D eigenvalue weighted by molar-refractivity contribution is -0.125. The van der Waals surface area contributed by atoms with E-state index in [0.29, 0.717) is 43.6 Å². The number of aliphatic hydroxyl groups is 1. The summed E-state index contributed by atoms with van der Waals surface area (Å²) in [6, 6.07) is 7.92. The molecule has 11 heteroatoms. The minimum Gasteiger partial charge on any atom is -0.480 e. The maximum atomic E-state index is 13.9. The van der Waals surface area contributed by atoms with Gasteiger partial charge in [-0.1, -0.05) is 12.1 Å². The lowest BCUT2D eigenvalue weighted by atomic mass is 10.0. The molecule has 0 spiro atoms. The van der Waals surface area contributed by atoms with Gasteiger partial charge in [-0.15, -0.1) is 0 Å². The van der Waals surface area contributed by atoms with E-state index < -0.39 is 17.8 Å². The molecule has 3 aromatic rings. The van der Waals surface area contributed by atoms with Gasteiger partial charge in [-0.05, 0) is 44.0 Å². The Morgan fingerprint density at radius 2 is 1.80 bits per heavy atom.